The first-order chi connectivity index (χ1) is 11.9. The molecule has 1 saturated heterocycles. The lowest BCUT2D eigenvalue weighted by Crippen LogP contribution is -2.37. The van der Waals surface area contributed by atoms with Crippen molar-refractivity contribution in [2.45, 2.75) is 13.8 Å². The second-order valence-electron chi connectivity index (χ2n) is 4.98. The summed E-state index contributed by atoms with van der Waals surface area (Å²) in [5.41, 5.74) is 0.539. The van der Waals surface area contributed by atoms with E-state index in [-0.39, 0.29) is 16.8 Å². The van der Waals surface area contributed by atoms with Crippen LogP contribution in [0.3, 0.4) is 0 Å². The summed E-state index contributed by atoms with van der Waals surface area (Å²) >= 11 is 18.6. The zero-order chi connectivity index (χ0) is 18.6. The van der Waals surface area contributed by atoms with Crippen LogP contribution in [-0.2, 0) is 14.4 Å². The molecule has 0 radical (unpaired) electrons. The predicted molar refractivity (Wildman–Crippen MR) is 105 cm³/mol. The van der Waals surface area contributed by atoms with Crippen LogP contribution in [0.2, 0.25) is 10.0 Å². The van der Waals surface area contributed by atoms with E-state index in [1.165, 1.54) is 9.96 Å². The van der Waals surface area contributed by atoms with Gasteiger partial charge in [0.05, 0.1) is 4.91 Å². The molecule has 2 rings (SSSR count). The fraction of sp³-hybridized carbons (Fsp3) is 0.312. The maximum absolute atomic E-state index is 12.5. The molecule has 1 aliphatic rings. The Kier molecular flexibility index (Phi) is 7.27. The van der Waals surface area contributed by atoms with Gasteiger partial charge in [0.2, 0.25) is 0 Å². The first kappa shape index (κ1) is 20.2. The molecule has 1 amide bonds. The average molecular weight is 419 g/mol. The summed E-state index contributed by atoms with van der Waals surface area (Å²) in [6.07, 6.45) is 1.58. The van der Waals surface area contributed by atoms with Crippen molar-refractivity contribution in [1.29, 1.82) is 0 Å². The molecule has 1 fully saturated rings. The van der Waals surface area contributed by atoms with Gasteiger partial charge in [0.25, 0.3) is 5.91 Å². The van der Waals surface area contributed by atoms with Gasteiger partial charge in [-0.2, -0.15) is 0 Å². The first-order valence-electron chi connectivity index (χ1n) is 7.52. The molecule has 0 aromatic heterocycles. The Morgan fingerprint density at radius 3 is 2.48 bits per heavy atom. The zero-order valence-corrected chi connectivity index (χ0v) is 16.8. The minimum Gasteiger partial charge on any atom is -0.366 e. The van der Waals surface area contributed by atoms with E-state index in [1.807, 2.05) is 13.8 Å². The van der Waals surface area contributed by atoms with Crippen molar-refractivity contribution in [3.63, 3.8) is 0 Å². The first-order valence-corrected chi connectivity index (χ1v) is 9.50. The lowest BCUT2D eigenvalue weighted by molar-refractivity contribution is -0.189. The summed E-state index contributed by atoms with van der Waals surface area (Å²) in [6, 6.07) is 5.08. The highest BCUT2D eigenvalue weighted by Crippen LogP contribution is 2.35. The van der Waals surface area contributed by atoms with Crippen molar-refractivity contribution in [2.24, 2.45) is 0 Å². The topological polar surface area (TPSA) is 49.9 Å². The second-order valence-corrected chi connectivity index (χ2v) is 7.47. The molecule has 0 N–H and O–H groups in total. The maximum Gasteiger partial charge on any atom is 0.344 e. The highest BCUT2D eigenvalue weighted by atomic mass is 35.5. The van der Waals surface area contributed by atoms with Crippen molar-refractivity contribution < 1.29 is 14.4 Å². The van der Waals surface area contributed by atoms with E-state index in [4.69, 9.17) is 40.3 Å². The standard InChI is InChI=1S/C16H16Cl2N2O3S2/c1-3-19(4-2)23-14(21)9-20-15(22)13(25-16(20)24)8-10-11(17)6-5-7-12(10)18/h5-8H,3-4,9H2,1-2H3/b13-8-. The smallest absolute Gasteiger partial charge is 0.344 e. The summed E-state index contributed by atoms with van der Waals surface area (Å²) in [5.74, 6) is -0.917. The van der Waals surface area contributed by atoms with E-state index in [0.717, 1.165) is 11.8 Å². The molecular weight excluding hydrogens is 403 g/mol. The number of nitrogens with zero attached hydrogens (tertiary/aromatic N) is 2. The molecule has 0 spiro atoms. The number of benzene rings is 1. The number of rotatable bonds is 6. The van der Waals surface area contributed by atoms with E-state index in [0.29, 0.717) is 33.6 Å². The Morgan fingerprint density at radius 2 is 1.92 bits per heavy atom. The lowest BCUT2D eigenvalue weighted by Gasteiger charge is -2.19. The van der Waals surface area contributed by atoms with E-state index >= 15 is 0 Å². The quantitative estimate of drug-likeness (QED) is 0.395. The molecule has 0 bridgehead atoms. The van der Waals surface area contributed by atoms with E-state index in [1.54, 1.807) is 24.3 Å². The fourth-order valence-electron chi connectivity index (χ4n) is 2.07. The largest absolute Gasteiger partial charge is 0.366 e. The maximum atomic E-state index is 12.5. The van der Waals surface area contributed by atoms with Crippen LogP contribution in [-0.4, -0.2) is 45.8 Å². The number of carbonyl (C=O) groups is 2. The molecule has 25 heavy (non-hydrogen) atoms. The number of halogens is 2. The van der Waals surface area contributed by atoms with Gasteiger partial charge in [-0.25, -0.2) is 4.79 Å². The molecule has 1 aromatic carbocycles. The normalized spacial score (nSPS) is 16.2. The van der Waals surface area contributed by atoms with Crippen LogP contribution in [0.15, 0.2) is 23.1 Å². The number of amides is 1. The molecule has 0 atom stereocenters. The number of carbonyl (C=O) groups excluding carboxylic acids is 2. The van der Waals surface area contributed by atoms with Crippen LogP contribution in [0.4, 0.5) is 0 Å². The van der Waals surface area contributed by atoms with Crippen molar-refractivity contribution in [2.75, 3.05) is 19.6 Å². The Labute approximate surface area is 165 Å². The van der Waals surface area contributed by atoms with Gasteiger partial charge in [-0.3, -0.25) is 9.69 Å². The minimum atomic E-state index is -0.544. The van der Waals surface area contributed by atoms with Gasteiger partial charge in [-0.1, -0.05) is 53.2 Å². The van der Waals surface area contributed by atoms with Crippen molar-refractivity contribution in [3.8, 4) is 0 Å². The van der Waals surface area contributed by atoms with Gasteiger partial charge < -0.3 is 4.84 Å². The molecule has 1 aliphatic heterocycles. The number of hydroxylamine groups is 2. The summed E-state index contributed by atoms with van der Waals surface area (Å²) in [4.78, 5) is 31.3. The van der Waals surface area contributed by atoms with Crippen LogP contribution in [0.25, 0.3) is 6.08 Å². The molecule has 9 heteroatoms. The summed E-state index contributed by atoms with van der Waals surface area (Å²) < 4.78 is 0.288. The van der Waals surface area contributed by atoms with Crippen molar-refractivity contribution in [3.05, 3.63) is 38.7 Å². The molecule has 0 unspecified atom stereocenters. The van der Waals surface area contributed by atoms with Gasteiger partial charge in [-0.05, 0) is 32.1 Å². The van der Waals surface area contributed by atoms with Crippen LogP contribution >= 0.6 is 47.2 Å². The Balaban J connectivity index is 2.14. The van der Waals surface area contributed by atoms with E-state index < -0.39 is 5.97 Å². The third kappa shape index (κ3) is 4.95. The summed E-state index contributed by atoms with van der Waals surface area (Å²) in [5, 5.41) is 2.36. The van der Waals surface area contributed by atoms with Gasteiger partial charge in [0, 0.05) is 28.7 Å². The molecule has 0 saturated carbocycles. The van der Waals surface area contributed by atoms with Crippen LogP contribution in [0, 0.1) is 0 Å². The molecule has 5 nitrogen and oxygen atoms in total. The molecule has 134 valence electrons. The van der Waals surface area contributed by atoms with Gasteiger partial charge in [-0.15, -0.1) is 5.06 Å². The average Bonchev–Trinajstić information content (AvgIpc) is 2.83. The van der Waals surface area contributed by atoms with E-state index in [9.17, 15) is 9.59 Å². The number of thiocarbonyl (C=S) groups is 1. The van der Waals surface area contributed by atoms with Gasteiger partial charge in [0.15, 0.2) is 0 Å². The Bertz CT molecular complexity index is 716. The summed E-state index contributed by atoms with van der Waals surface area (Å²) in [7, 11) is 0. The third-order valence-corrected chi connectivity index (χ3v) is 5.41. The molecule has 0 aliphatic carbocycles. The van der Waals surface area contributed by atoms with Gasteiger partial charge >= 0.3 is 5.97 Å². The van der Waals surface area contributed by atoms with E-state index in [2.05, 4.69) is 0 Å². The lowest BCUT2D eigenvalue weighted by atomic mass is 10.2. The highest BCUT2D eigenvalue weighted by molar-refractivity contribution is 8.26. The third-order valence-electron chi connectivity index (χ3n) is 3.37. The molecule has 1 aromatic rings. The van der Waals surface area contributed by atoms with Gasteiger partial charge in [0.1, 0.15) is 10.9 Å². The Morgan fingerprint density at radius 1 is 1.32 bits per heavy atom. The van der Waals surface area contributed by atoms with Crippen LogP contribution < -0.4 is 0 Å². The predicted octanol–water partition coefficient (Wildman–Crippen LogP) is 3.99. The summed E-state index contributed by atoms with van der Waals surface area (Å²) in [6.45, 7) is 4.62. The highest BCUT2D eigenvalue weighted by Gasteiger charge is 2.34. The van der Waals surface area contributed by atoms with Crippen LogP contribution in [0.1, 0.15) is 19.4 Å². The number of thioether (sulfide) groups is 1. The molecular formula is C16H16Cl2N2O3S2. The van der Waals surface area contributed by atoms with Crippen molar-refractivity contribution in [1.82, 2.24) is 9.96 Å². The Hall–Kier alpha value is -1.12. The SMILES string of the molecule is CCN(CC)OC(=O)CN1C(=O)/C(=C/c2c(Cl)cccc2Cl)SC1=S. The van der Waals surface area contributed by atoms with Crippen molar-refractivity contribution >= 4 is 69.5 Å². The number of hydrogen-bond donors (Lipinski definition) is 0. The fourth-order valence-corrected chi connectivity index (χ4v) is 3.81. The monoisotopic (exact) mass is 418 g/mol. The second kappa shape index (κ2) is 9.00. The number of hydrogen-bond acceptors (Lipinski definition) is 6. The molecule has 1 heterocycles. The van der Waals surface area contributed by atoms with Crippen LogP contribution in [0.5, 0.6) is 0 Å². The minimum absolute atomic E-state index is 0.241. The zero-order valence-electron chi connectivity index (χ0n) is 13.6.